The summed E-state index contributed by atoms with van der Waals surface area (Å²) in [7, 11) is 0. The number of rotatable bonds is 3. The summed E-state index contributed by atoms with van der Waals surface area (Å²) in [6, 6.07) is 3.84. The molecule has 1 aliphatic rings. The maximum atomic E-state index is 6.22. The first kappa shape index (κ1) is 13.6. The molecule has 18 heavy (non-hydrogen) atoms. The van der Waals surface area contributed by atoms with Crippen LogP contribution in [-0.2, 0) is 0 Å². The van der Waals surface area contributed by atoms with E-state index in [1.807, 2.05) is 18.2 Å². The molecule has 0 amide bonds. The minimum atomic E-state index is 0.530. The molecule has 0 saturated carbocycles. The number of halogens is 2. The van der Waals surface area contributed by atoms with Crippen LogP contribution in [0.15, 0.2) is 17.7 Å². The van der Waals surface area contributed by atoms with E-state index in [2.05, 4.69) is 6.92 Å². The van der Waals surface area contributed by atoms with Crippen LogP contribution < -0.4 is 9.47 Å². The lowest BCUT2D eigenvalue weighted by molar-refractivity contribution is 0.297. The van der Waals surface area contributed by atoms with Crippen molar-refractivity contribution in [2.24, 2.45) is 0 Å². The summed E-state index contributed by atoms with van der Waals surface area (Å²) in [6.45, 7) is 3.38. The van der Waals surface area contributed by atoms with E-state index in [1.54, 1.807) is 0 Å². The van der Waals surface area contributed by atoms with Gasteiger partial charge in [-0.2, -0.15) is 0 Å². The second-order valence-corrected chi connectivity index (χ2v) is 4.84. The zero-order chi connectivity index (χ0) is 13.0. The normalized spacial score (nSPS) is 15.4. The molecule has 98 valence electrons. The Kier molecular flexibility index (Phi) is 4.79. The Bertz CT molecular complexity index is 449. The van der Waals surface area contributed by atoms with Crippen LogP contribution in [0, 0.1) is 0 Å². The molecule has 1 aromatic carbocycles. The van der Waals surface area contributed by atoms with Gasteiger partial charge in [0, 0.05) is 12.3 Å². The molecular formula is C14H16Cl2O2. The van der Waals surface area contributed by atoms with Crippen molar-refractivity contribution in [3.8, 4) is 11.5 Å². The Morgan fingerprint density at radius 1 is 1.33 bits per heavy atom. The van der Waals surface area contributed by atoms with Crippen LogP contribution in [0.4, 0.5) is 0 Å². The fraction of sp³-hybridized carbons (Fsp3) is 0.429. The first-order valence-electron chi connectivity index (χ1n) is 6.09. The molecule has 4 heteroatoms. The molecule has 2 nitrogen and oxygen atoms in total. The second-order valence-electron chi connectivity index (χ2n) is 4.17. The van der Waals surface area contributed by atoms with Gasteiger partial charge in [-0.25, -0.2) is 0 Å². The number of benzene rings is 1. The predicted molar refractivity (Wildman–Crippen MR) is 76.0 cm³/mol. The van der Waals surface area contributed by atoms with Crippen LogP contribution in [0.3, 0.4) is 0 Å². The molecular weight excluding hydrogens is 271 g/mol. The summed E-state index contributed by atoms with van der Waals surface area (Å²) in [5.41, 5.74) is 2.17. The summed E-state index contributed by atoms with van der Waals surface area (Å²) in [5.74, 6) is 1.90. The van der Waals surface area contributed by atoms with E-state index in [-0.39, 0.29) is 0 Å². The van der Waals surface area contributed by atoms with Gasteiger partial charge < -0.3 is 9.47 Å². The summed E-state index contributed by atoms with van der Waals surface area (Å²) in [6.07, 6.45) is 3.85. The van der Waals surface area contributed by atoms with E-state index >= 15 is 0 Å². The first-order valence-corrected chi connectivity index (χ1v) is 7.00. The zero-order valence-electron chi connectivity index (χ0n) is 10.3. The molecule has 0 atom stereocenters. The third-order valence-electron chi connectivity index (χ3n) is 2.82. The number of hydrogen-bond acceptors (Lipinski definition) is 2. The molecule has 0 spiro atoms. The molecule has 0 aromatic heterocycles. The third kappa shape index (κ3) is 3.12. The SMILES string of the molecule is CCC(=Cc1cc(Cl)c2c(c1)OCCCO2)CCl. The number of fused-ring (bicyclic) bond motifs is 1. The lowest BCUT2D eigenvalue weighted by Gasteiger charge is -2.10. The molecule has 0 fully saturated rings. The van der Waals surface area contributed by atoms with Crippen LogP contribution >= 0.6 is 23.2 Å². The van der Waals surface area contributed by atoms with E-state index in [4.69, 9.17) is 32.7 Å². The van der Waals surface area contributed by atoms with E-state index < -0.39 is 0 Å². The maximum Gasteiger partial charge on any atom is 0.179 e. The van der Waals surface area contributed by atoms with Gasteiger partial charge in [0.1, 0.15) is 0 Å². The van der Waals surface area contributed by atoms with E-state index in [0.29, 0.717) is 29.9 Å². The second kappa shape index (κ2) is 6.35. The lowest BCUT2D eigenvalue weighted by atomic mass is 10.1. The van der Waals surface area contributed by atoms with Crippen molar-refractivity contribution in [1.29, 1.82) is 0 Å². The fourth-order valence-electron chi connectivity index (χ4n) is 1.80. The van der Waals surface area contributed by atoms with Gasteiger partial charge in [-0.05, 0) is 24.1 Å². The monoisotopic (exact) mass is 286 g/mol. The third-order valence-corrected chi connectivity index (χ3v) is 3.45. The quantitative estimate of drug-likeness (QED) is 0.760. The maximum absolute atomic E-state index is 6.22. The highest BCUT2D eigenvalue weighted by Gasteiger charge is 2.15. The molecule has 0 unspecified atom stereocenters. The van der Waals surface area contributed by atoms with Gasteiger partial charge in [0.05, 0.1) is 18.2 Å². The van der Waals surface area contributed by atoms with Gasteiger partial charge in [0.25, 0.3) is 0 Å². The highest BCUT2D eigenvalue weighted by atomic mass is 35.5. The fourth-order valence-corrected chi connectivity index (χ4v) is 2.34. The Balaban J connectivity index is 2.37. The summed E-state index contributed by atoms with van der Waals surface area (Å²) < 4.78 is 11.2. The molecule has 2 rings (SSSR count). The molecule has 0 saturated heterocycles. The minimum absolute atomic E-state index is 0.530. The van der Waals surface area contributed by atoms with Gasteiger partial charge >= 0.3 is 0 Å². The van der Waals surface area contributed by atoms with Crippen LogP contribution in [0.25, 0.3) is 6.08 Å². The summed E-state index contributed by atoms with van der Waals surface area (Å²) >= 11 is 12.1. The van der Waals surface area contributed by atoms with Crippen LogP contribution in [0.5, 0.6) is 11.5 Å². The number of ether oxygens (including phenoxy) is 2. The van der Waals surface area contributed by atoms with E-state index in [0.717, 1.165) is 24.2 Å². The van der Waals surface area contributed by atoms with E-state index in [1.165, 1.54) is 5.57 Å². The van der Waals surface area contributed by atoms with Crippen molar-refractivity contribution in [2.45, 2.75) is 19.8 Å². The molecule has 1 heterocycles. The van der Waals surface area contributed by atoms with Crippen molar-refractivity contribution in [2.75, 3.05) is 19.1 Å². The highest BCUT2D eigenvalue weighted by Crippen LogP contribution is 2.38. The number of allylic oxidation sites excluding steroid dienone is 1. The van der Waals surface area contributed by atoms with Crippen molar-refractivity contribution in [3.05, 3.63) is 28.3 Å². The summed E-state index contributed by atoms with van der Waals surface area (Å²) in [4.78, 5) is 0. The molecule has 0 bridgehead atoms. The van der Waals surface area contributed by atoms with E-state index in [9.17, 15) is 0 Å². The molecule has 1 aromatic rings. The Labute approximate surface area is 117 Å². The van der Waals surface area contributed by atoms with Gasteiger partial charge in [-0.1, -0.05) is 30.2 Å². The van der Waals surface area contributed by atoms with Crippen LogP contribution in [-0.4, -0.2) is 19.1 Å². The largest absolute Gasteiger partial charge is 0.489 e. The average molecular weight is 287 g/mol. The van der Waals surface area contributed by atoms with Crippen LogP contribution in [0.1, 0.15) is 25.3 Å². The van der Waals surface area contributed by atoms with Gasteiger partial charge in [-0.3, -0.25) is 0 Å². The zero-order valence-corrected chi connectivity index (χ0v) is 11.9. The van der Waals surface area contributed by atoms with Gasteiger partial charge in [-0.15, -0.1) is 11.6 Å². The van der Waals surface area contributed by atoms with Gasteiger partial charge in [0.15, 0.2) is 11.5 Å². The van der Waals surface area contributed by atoms with Crippen molar-refractivity contribution >= 4 is 29.3 Å². The standard InChI is InChI=1S/C14H16Cl2O2/c1-2-10(9-15)6-11-7-12(16)14-13(8-11)17-4-3-5-18-14/h6-8H,2-5,9H2,1H3. The highest BCUT2D eigenvalue weighted by molar-refractivity contribution is 6.32. The molecule has 0 N–H and O–H groups in total. The Morgan fingerprint density at radius 2 is 2.11 bits per heavy atom. The minimum Gasteiger partial charge on any atom is -0.489 e. The Morgan fingerprint density at radius 3 is 2.83 bits per heavy atom. The van der Waals surface area contributed by atoms with Gasteiger partial charge in [0.2, 0.25) is 0 Å². The van der Waals surface area contributed by atoms with Crippen molar-refractivity contribution in [3.63, 3.8) is 0 Å². The number of alkyl halides is 1. The topological polar surface area (TPSA) is 18.5 Å². The van der Waals surface area contributed by atoms with Crippen molar-refractivity contribution in [1.82, 2.24) is 0 Å². The molecule has 0 aliphatic carbocycles. The predicted octanol–water partition coefficient (Wildman–Crippen LogP) is 4.53. The lowest BCUT2D eigenvalue weighted by Crippen LogP contribution is -1.97. The summed E-state index contributed by atoms with van der Waals surface area (Å²) in [5, 5.41) is 0.589. The van der Waals surface area contributed by atoms with Crippen molar-refractivity contribution < 1.29 is 9.47 Å². The van der Waals surface area contributed by atoms with Crippen LogP contribution in [0.2, 0.25) is 5.02 Å². The average Bonchev–Trinajstić information content (AvgIpc) is 2.61. The smallest absolute Gasteiger partial charge is 0.179 e. The molecule has 0 radical (unpaired) electrons. The first-order chi connectivity index (χ1) is 8.74. The number of hydrogen-bond donors (Lipinski definition) is 0. The molecule has 1 aliphatic heterocycles. The Hall–Kier alpha value is -0.860.